The van der Waals surface area contributed by atoms with Gasteiger partial charge in [0, 0.05) is 17.4 Å². The van der Waals surface area contributed by atoms with E-state index in [1.54, 1.807) is 25.3 Å². The number of hydrogen-bond donors (Lipinski definition) is 2. The maximum absolute atomic E-state index is 9.06. The van der Waals surface area contributed by atoms with Crippen molar-refractivity contribution in [2.24, 2.45) is 0 Å². The molecule has 0 saturated heterocycles. The van der Waals surface area contributed by atoms with Crippen LogP contribution in [0.4, 0.5) is 0 Å². The average molecular weight is 170 g/mol. The van der Waals surface area contributed by atoms with E-state index in [1.807, 2.05) is 0 Å². The third-order valence-electron chi connectivity index (χ3n) is 1.44. The second-order valence-electron chi connectivity index (χ2n) is 2.15. The number of thiol groups is 1. The highest BCUT2D eigenvalue weighted by atomic mass is 32.1. The van der Waals surface area contributed by atoms with Crippen molar-refractivity contribution < 1.29 is 9.84 Å². The zero-order chi connectivity index (χ0) is 8.27. The molecule has 0 aliphatic heterocycles. The monoisotopic (exact) mass is 170 g/mol. The van der Waals surface area contributed by atoms with E-state index in [-0.39, 0.29) is 5.75 Å². The van der Waals surface area contributed by atoms with Gasteiger partial charge in [0.2, 0.25) is 0 Å². The van der Waals surface area contributed by atoms with Crippen LogP contribution in [-0.2, 0) is 5.75 Å². The van der Waals surface area contributed by atoms with E-state index in [4.69, 9.17) is 9.84 Å². The van der Waals surface area contributed by atoms with Crippen molar-refractivity contribution in [3.63, 3.8) is 0 Å². The summed E-state index contributed by atoms with van der Waals surface area (Å²) in [5, 5.41) is 9.06. The highest BCUT2D eigenvalue weighted by molar-refractivity contribution is 7.79. The molecule has 0 radical (unpaired) electrons. The molecule has 0 bridgehead atoms. The molecular formula is C8H10O2S. The lowest BCUT2D eigenvalue weighted by Crippen LogP contribution is -1.88. The first kappa shape index (κ1) is 8.27. The van der Waals surface area contributed by atoms with Crippen molar-refractivity contribution in [1.29, 1.82) is 0 Å². The van der Waals surface area contributed by atoms with Gasteiger partial charge in [-0.1, -0.05) is 6.07 Å². The molecule has 0 amide bonds. The summed E-state index contributed by atoms with van der Waals surface area (Å²) in [6.07, 6.45) is 0. The SMILES string of the molecule is COc1cc(O)ccc1CS. The molecule has 60 valence electrons. The van der Waals surface area contributed by atoms with Crippen molar-refractivity contribution in [2.45, 2.75) is 5.75 Å². The lowest BCUT2D eigenvalue weighted by Gasteiger charge is -2.05. The second-order valence-corrected chi connectivity index (χ2v) is 2.47. The first-order chi connectivity index (χ1) is 5.27. The predicted molar refractivity (Wildman–Crippen MR) is 47.3 cm³/mol. The lowest BCUT2D eigenvalue weighted by molar-refractivity contribution is 0.404. The molecule has 0 fully saturated rings. The third-order valence-corrected chi connectivity index (χ3v) is 1.78. The van der Waals surface area contributed by atoms with E-state index in [1.165, 1.54) is 0 Å². The maximum Gasteiger partial charge on any atom is 0.126 e. The van der Waals surface area contributed by atoms with Crippen molar-refractivity contribution in [3.05, 3.63) is 23.8 Å². The summed E-state index contributed by atoms with van der Waals surface area (Å²) in [7, 11) is 1.57. The van der Waals surface area contributed by atoms with E-state index >= 15 is 0 Å². The van der Waals surface area contributed by atoms with Gasteiger partial charge in [-0.05, 0) is 6.07 Å². The molecule has 1 rings (SSSR count). The number of aromatic hydroxyl groups is 1. The Morgan fingerprint density at radius 1 is 1.55 bits per heavy atom. The van der Waals surface area contributed by atoms with E-state index in [0.717, 1.165) is 5.56 Å². The van der Waals surface area contributed by atoms with Crippen molar-refractivity contribution >= 4 is 12.6 Å². The minimum atomic E-state index is 0.215. The molecular weight excluding hydrogens is 160 g/mol. The van der Waals surface area contributed by atoms with Crippen LogP contribution in [0.3, 0.4) is 0 Å². The Kier molecular flexibility index (Phi) is 2.65. The fourth-order valence-corrected chi connectivity index (χ4v) is 1.13. The smallest absolute Gasteiger partial charge is 0.126 e. The van der Waals surface area contributed by atoms with E-state index in [9.17, 15) is 0 Å². The summed E-state index contributed by atoms with van der Waals surface area (Å²) in [6.45, 7) is 0. The Labute approximate surface area is 71.2 Å². The first-order valence-corrected chi connectivity index (χ1v) is 3.88. The van der Waals surface area contributed by atoms with Gasteiger partial charge in [-0.2, -0.15) is 12.6 Å². The standard InChI is InChI=1S/C8H10O2S/c1-10-8-4-7(9)3-2-6(8)5-11/h2-4,9,11H,5H2,1H3. The minimum absolute atomic E-state index is 0.215. The van der Waals surface area contributed by atoms with Gasteiger partial charge in [0.25, 0.3) is 0 Å². The van der Waals surface area contributed by atoms with Gasteiger partial charge in [0.05, 0.1) is 7.11 Å². The summed E-state index contributed by atoms with van der Waals surface area (Å²) < 4.78 is 5.01. The van der Waals surface area contributed by atoms with Gasteiger partial charge in [-0.3, -0.25) is 0 Å². The highest BCUT2D eigenvalue weighted by Gasteiger charge is 2.00. The van der Waals surface area contributed by atoms with Crippen LogP contribution in [0.25, 0.3) is 0 Å². The molecule has 0 aromatic heterocycles. The van der Waals surface area contributed by atoms with Crippen LogP contribution in [0.15, 0.2) is 18.2 Å². The van der Waals surface area contributed by atoms with Crippen molar-refractivity contribution in [2.75, 3.05) is 7.11 Å². The Hall–Kier alpha value is -0.830. The number of hydrogen-bond acceptors (Lipinski definition) is 3. The Bertz CT molecular complexity index is 248. The van der Waals surface area contributed by atoms with Gasteiger partial charge < -0.3 is 9.84 Å². The summed E-state index contributed by atoms with van der Waals surface area (Å²) in [4.78, 5) is 0. The number of phenols is 1. The van der Waals surface area contributed by atoms with Crippen LogP contribution in [0, 0.1) is 0 Å². The Balaban J connectivity index is 3.06. The Morgan fingerprint density at radius 2 is 2.27 bits per heavy atom. The van der Waals surface area contributed by atoms with Crippen LogP contribution < -0.4 is 4.74 Å². The fraction of sp³-hybridized carbons (Fsp3) is 0.250. The van der Waals surface area contributed by atoms with Crippen LogP contribution in [0.1, 0.15) is 5.56 Å². The molecule has 11 heavy (non-hydrogen) atoms. The quantitative estimate of drug-likeness (QED) is 0.663. The maximum atomic E-state index is 9.06. The second kappa shape index (κ2) is 3.53. The Morgan fingerprint density at radius 3 is 2.82 bits per heavy atom. The molecule has 0 spiro atoms. The molecule has 0 heterocycles. The van der Waals surface area contributed by atoms with Crippen LogP contribution in [0.5, 0.6) is 11.5 Å². The summed E-state index contributed by atoms with van der Waals surface area (Å²) in [6, 6.07) is 4.99. The van der Waals surface area contributed by atoms with Crippen LogP contribution >= 0.6 is 12.6 Å². The van der Waals surface area contributed by atoms with Gasteiger partial charge in [0.1, 0.15) is 11.5 Å². The molecule has 0 aliphatic carbocycles. The molecule has 3 heteroatoms. The molecule has 1 aromatic carbocycles. The number of phenolic OH excluding ortho intramolecular Hbond substituents is 1. The number of ether oxygens (including phenoxy) is 1. The third kappa shape index (κ3) is 1.80. The molecule has 0 atom stereocenters. The zero-order valence-corrected chi connectivity index (χ0v) is 7.14. The molecule has 1 N–H and O–H groups in total. The summed E-state index contributed by atoms with van der Waals surface area (Å²) in [5.41, 5.74) is 0.980. The highest BCUT2D eigenvalue weighted by Crippen LogP contribution is 2.24. The molecule has 2 nitrogen and oxygen atoms in total. The first-order valence-electron chi connectivity index (χ1n) is 3.24. The van der Waals surface area contributed by atoms with E-state index in [0.29, 0.717) is 11.5 Å². The van der Waals surface area contributed by atoms with Gasteiger partial charge in [0.15, 0.2) is 0 Å². The van der Waals surface area contributed by atoms with E-state index < -0.39 is 0 Å². The number of methoxy groups -OCH3 is 1. The summed E-state index contributed by atoms with van der Waals surface area (Å²) in [5.74, 6) is 1.51. The van der Waals surface area contributed by atoms with Gasteiger partial charge in [-0.25, -0.2) is 0 Å². The minimum Gasteiger partial charge on any atom is -0.508 e. The normalized spacial score (nSPS) is 9.64. The van der Waals surface area contributed by atoms with Gasteiger partial charge in [-0.15, -0.1) is 0 Å². The number of rotatable bonds is 2. The van der Waals surface area contributed by atoms with Crippen LogP contribution in [-0.4, -0.2) is 12.2 Å². The average Bonchev–Trinajstić information content (AvgIpc) is 2.04. The van der Waals surface area contributed by atoms with Crippen molar-refractivity contribution in [1.82, 2.24) is 0 Å². The van der Waals surface area contributed by atoms with Crippen molar-refractivity contribution in [3.8, 4) is 11.5 Å². The predicted octanol–water partition coefficient (Wildman–Crippen LogP) is 1.83. The largest absolute Gasteiger partial charge is 0.508 e. The van der Waals surface area contributed by atoms with Crippen LogP contribution in [0.2, 0.25) is 0 Å². The summed E-state index contributed by atoms with van der Waals surface area (Å²) >= 11 is 4.11. The zero-order valence-electron chi connectivity index (χ0n) is 6.24. The van der Waals surface area contributed by atoms with E-state index in [2.05, 4.69) is 12.6 Å². The lowest BCUT2D eigenvalue weighted by atomic mass is 10.2. The fourth-order valence-electron chi connectivity index (χ4n) is 0.864. The number of benzene rings is 1. The molecule has 0 unspecified atom stereocenters. The van der Waals surface area contributed by atoms with Gasteiger partial charge >= 0.3 is 0 Å². The molecule has 0 saturated carbocycles. The topological polar surface area (TPSA) is 29.5 Å². The molecule has 1 aromatic rings. The molecule has 0 aliphatic rings.